The molecule has 21 heavy (non-hydrogen) atoms. The fourth-order valence-corrected chi connectivity index (χ4v) is 1.96. The van der Waals surface area contributed by atoms with E-state index in [2.05, 4.69) is 0 Å². The Kier molecular flexibility index (Phi) is 4.56. The Morgan fingerprint density at radius 2 is 1.62 bits per heavy atom. The number of aliphatic hydroxyl groups is 1. The third kappa shape index (κ3) is 4.04. The van der Waals surface area contributed by atoms with Crippen LogP contribution in [0.15, 0.2) is 48.5 Å². The van der Waals surface area contributed by atoms with Crippen LogP contribution in [0.4, 0.5) is 4.39 Å². The molecule has 1 atom stereocenters. The van der Waals surface area contributed by atoms with E-state index in [1.54, 1.807) is 43.3 Å². The van der Waals surface area contributed by atoms with Crippen LogP contribution in [0.5, 0.6) is 11.5 Å². The van der Waals surface area contributed by atoms with E-state index >= 15 is 0 Å². The minimum atomic E-state index is -1.04. The van der Waals surface area contributed by atoms with Gasteiger partial charge < -0.3 is 9.84 Å². The van der Waals surface area contributed by atoms with Gasteiger partial charge in [-0.3, -0.25) is 0 Å². The maximum atomic E-state index is 12.8. The predicted octanol–water partition coefficient (Wildman–Crippen LogP) is 4.13. The van der Waals surface area contributed by atoms with Gasteiger partial charge in [0.2, 0.25) is 0 Å². The molecule has 0 spiro atoms. The molecule has 108 valence electrons. The molecule has 0 fully saturated rings. The first-order valence-corrected chi connectivity index (χ1v) is 6.64. The number of benzene rings is 2. The highest BCUT2D eigenvalue weighted by Crippen LogP contribution is 2.29. The highest BCUT2D eigenvalue weighted by molar-refractivity contribution is 5.34. The SMILES string of the molecule is CC(O)(CCC#N)c1ccc(Oc2ccc(F)cc2)cc1. The second-order valence-electron chi connectivity index (χ2n) is 5.01. The standard InChI is InChI=1S/C17H16FNO2/c1-17(20,11-2-12-19)13-3-7-15(8-4-13)21-16-9-5-14(18)6-10-16/h3-10,20H,2,11H2,1H3. The Morgan fingerprint density at radius 3 is 2.14 bits per heavy atom. The summed E-state index contributed by atoms with van der Waals surface area (Å²) in [5, 5.41) is 18.9. The monoisotopic (exact) mass is 285 g/mol. The van der Waals surface area contributed by atoms with Gasteiger partial charge in [0.05, 0.1) is 11.7 Å². The number of rotatable bonds is 5. The molecular weight excluding hydrogens is 269 g/mol. The summed E-state index contributed by atoms with van der Waals surface area (Å²) in [7, 11) is 0. The van der Waals surface area contributed by atoms with Crippen LogP contribution in [0.1, 0.15) is 25.3 Å². The maximum absolute atomic E-state index is 12.8. The zero-order chi connectivity index (χ0) is 15.3. The van der Waals surface area contributed by atoms with Gasteiger partial charge in [-0.05, 0) is 55.3 Å². The molecule has 1 N–H and O–H groups in total. The van der Waals surface area contributed by atoms with Gasteiger partial charge in [-0.1, -0.05) is 12.1 Å². The van der Waals surface area contributed by atoms with Crippen molar-refractivity contribution in [2.24, 2.45) is 0 Å². The molecule has 0 aliphatic rings. The van der Waals surface area contributed by atoms with Crippen molar-refractivity contribution in [2.45, 2.75) is 25.4 Å². The summed E-state index contributed by atoms with van der Waals surface area (Å²) >= 11 is 0. The van der Waals surface area contributed by atoms with Crippen molar-refractivity contribution < 1.29 is 14.2 Å². The van der Waals surface area contributed by atoms with Crippen LogP contribution in [0.25, 0.3) is 0 Å². The zero-order valence-corrected chi connectivity index (χ0v) is 11.7. The number of hydrogen-bond donors (Lipinski definition) is 1. The van der Waals surface area contributed by atoms with Gasteiger partial charge in [0.25, 0.3) is 0 Å². The number of nitriles is 1. The van der Waals surface area contributed by atoms with Crippen molar-refractivity contribution >= 4 is 0 Å². The number of halogens is 1. The Labute approximate surface area is 123 Å². The molecule has 0 bridgehead atoms. The van der Waals surface area contributed by atoms with E-state index in [4.69, 9.17) is 10.00 Å². The van der Waals surface area contributed by atoms with E-state index in [0.717, 1.165) is 5.56 Å². The Hall–Kier alpha value is -2.38. The Bertz CT molecular complexity index is 627. The summed E-state index contributed by atoms with van der Waals surface area (Å²) in [6.07, 6.45) is 0.669. The highest BCUT2D eigenvalue weighted by atomic mass is 19.1. The summed E-state index contributed by atoms with van der Waals surface area (Å²) in [4.78, 5) is 0. The first kappa shape index (κ1) is 15.0. The molecule has 0 aromatic heterocycles. The lowest BCUT2D eigenvalue weighted by atomic mass is 9.91. The van der Waals surface area contributed by atoms with Crippen LogP contribution < -0.4 is 4.74 Å². The average Bonchev–Trinajstić information content (AvgIpc) is 2.48. The average molecular weight is 285 g/mol. The molecule has 0 amide bonds. The van der Waals surface area contributed by atoms with E-state index in [-0.39, 0.29) is 5.82 Å². The smallest absolute Gasteiger partial charge is 0.127 e. The lowest BCUT2D eigenvalue weighted by molar-refractivity contribution is 0.0492. The van der Waals surface area contributed by atoms with Crippen molar-refractivity contribution in [3.63, 3.8) is 0 Å². The molecule has 2 rings (SSSR count). The van der Waals surface area contributed by atoms with E-state index < -0.39 is 5.60 Å². The second-order valence-corrected chi connectivity index (χ2v) is 5.01. The van der Waals surface area contributed by atoms with E-state index in [9.17, 15) is 9.50 Å². The lowest BCUT2D eigenvalue weighted by Gasteiger charge is -2.22. The lowest BCUT2D eigenvalue weighted by Crippen LogP contribution is -2.20. The zero-order valence-electron chi connectivity index (χ0n) is 11.7. The van der Waals surface area contributed by atoms with Gasteiger partial charge in [-0.25, -0.2) is 4.39 Å². The van der Waals surface area contributed by atoms with Crippen LogP contribution in [0.2, 0.25) is 0 Å². The van der Waals surface area contributed by atoms with Crippen molar-refractivity contribution in [3.05, 3.63) is 59.9 Å². The summed E-state index contributed by atoms with van der Waals surface area (Å²) < 4.78 is 18.4. The molecule has 0 saturated heterocycles. The highest BCUT2D eigenvalue weighted by Gasteiger charge is 2.22. The molecular formula is C17H16FNO2. The fraction of sp³-hybridized carbons (Fsp3) is 0.235. The molecule has 3 nitrogen and oxygen atoms in total. The molecule has 0 saturated carbocycles. The Morgan fingerprint density at radius 1 is 1.10 bits per heavy atom. The van der Waals surface area contributed by atoms with Gasteiger partial charge in [0, 0.05) is 6.42 Å². The van der Waals surface area contributed by atoms with Crippen LogP contribution in [-0.4, -0.2) is 5.11 Å². The number of hydrogen-bond acceptors (Lipinski definition) is 3. The summed E-state index contributed by atoms with van der Waals surface area (Å²) in [6, 6.07) is 14.8. The number of nitrogens with zero attached hydrogens (tertiary/aromatic N) is 1. The molecule has 0 heterocycles. The van der Waals surface area contributed by atoms with Crippen LogP contribution in [-0.2, 0) is 5.60 Å². The maximum Gasteiger partial charge on any atom is 0.127 e. The van der Waals surface area contributed by atoms with Gasteiger partial charge in [-0.15, -0.1) is 0 Å². The van der Waals surface area contributed by atoms with Crippen LogP contribution in [0.3, 0.4) is 0 Å². The summed E-state index contributed by atoms with van der Waals surface area (Å²) in [5.41, 5.74) is -0.311. The summed E-state index contributed by atoms with van der Waals surface area (Å²) in [6.45, 7) is 1.68. The first-order valence-electron chi connectivity index (χ1n) is 6.64. The molecule has 0 aliphatic carbocycles. The second kappa shape index (κ2) is 6.38. The minimum Gasteiger partial charge on any atom is -0.457 e. The van der Waals surface area contributed by atoms with Gasteiger partial charge in [-0.2, -0.15) is 5.26 Å². The summed E-state index contributed by atoms with van der Waals surface area (Å²) in [5.74, 6) is 0.827. The van der Waals surface area contributed by atoms with Crippen molar-refractivity contribution in [1.29, 1.82) is 5.26 Å². The largest absolute Gasteiger partial charge is 0.457 e. The molecule has 0 radical (unpaired) electrons. The third-order valence-electron chi connectivity index (χ3n) is 3.25. The predicted molar refractivity (Wildman–Crippen MR) is 77.3 cm³/mol. The van der Waals surface area contributed by atoms with Crippen molar-refractivity contribution in [3.8, 4) is 17.6 Å². The molecule has 4 heteroatoms. The molecule has 1 unspecified atom stereocenters. The third-order valence-corrected chi connectivity index (χ3v) is 3.25. The van der Waals surface area contributed by atoms with Crippen molar-refractivity contribution in [2.75, 3.05) is 0 Å². The van der Waals surface area contributed by atoms with Crippen molar-refractivity contribution in [1.82, 2.24) is 0 Å². The number of ether oxygens (including phenoxy) is 1. The van der Waals surface area contributed by atoms with E-state index in [1.807, 2.05) is 6.07 Å². The van der Waals surface area contributed by atoms with E-state index in [1.165, 1.54) is 12.1 Å². The Balaban J connectivity index is 2.08. The molecule has 0 aliphatic heterocycles. The first-order chi connectivity index (χ1) is 10.0. The van der Waals surface area contributed by atoms with Gasteiger partial charge in [0.15, 0.2) is 0 Å². The molecule has 2 aromatic rings. The van der Waals surface area contributed by atoms with Crippen LogP contribution in [0, 0.1) is 17.1 Å². The van der Waals surface area contributed by atoms with Crippen LogP contribution >= 0.6 is 0 Å². The topological polar surface area (TPSA) is 53.2 Å². The quantitative estimate of drug-likeness (QED) is 0.898. The minimum absolute atomic E-state index is 0.292. The van der Waals surface area contributed by atoms with E-state index in [0.29, 0.717) is 24.3 Å². The molecule has 2 aromatic carbocycles. The fourth-order valence-electron chi connectivity index (χ4n) is 1.96. The van der Waals surface area contributed by atoms with Gasteiger partial charge >= 0.3 is 0 Å². The normalized spacial score (nSPS) is 13.2. The van der Waals surface area contributed by atoms with Gasteiger partial charge in [0.1, 0.15) is 17.3 Å².